The van der Waals surface area contributed by atoms with E-state index in [9.17, 15) is 0 Å². The Balaban J connectivity index is 0.000000115. The molecule has 0 saturated heterocycles. The van der Waals surface area contributed by atoms with Gasteiger partial charge in [-0.2, -0.15) is 12.1 Å². The Labute approximate surface area is 414 Å². The van der Waals surface area contributed by atoms with Crippen LogP contribution in [0, 0.1) is 0 Å². The van der Waals surface area contributed by atoms with Crippen LogP contribution < -0.4 is 0 Å². The van der Waals surface area contributed by atoms with Crippen LogP contribution in [0.15, 0.2) is 218 Å². The Morgan fingerprint density at radius 2 is 0.676 bits per heavy atom. The molecule has 0 fully saturated rings. The van der Waals surface area contributed by atoms with Crippen molar-refractivity contribution in [2.24, 2.45) is 0 Å². The Morgan fingerprint density at radius 1 is 0.324 bits per heavy atom. The summed E-state index contributed by atoms with van der Waals surface area (Å²) in [7, 11) is 12.5. The van der Waals surface area contributed by atoms with Gasteiger partial charge in [-0.25, -0.2) is 0 Å². The molecule has 68 heavy (non-hydrogen) atoms. The molecule has 0 aliphatic heterocycles. The summed E-state index contributed by atoms with van der Waals surface area (Å²) < 4.78 is 1.22. The van der Waals surface area contributed by atoms with Crippen molar-refractivity contribution < 1.29 is 18.9 Å². The molecule has 0 nitrogen and oxygen atoms in total. The van der Waals surface area contributed by atoms with Crippen LogP contribution in [0.3, 0.4) is 0 Å². The summed E-state index contributed by atoms with van der Waals surface area (Å²) in [4.78, 5) is 0. The van der Waals surface area contributed by atoms with Gasteiger partial charge in [0, 0.05) is 0 Å². The van der Waals surface area contributed by atoms with Crippen molar-refractivity contribution in [3.8, 4) is 33.4 Å². The Kier molecular flexibility index (Phi) is 12.7. The predicted octanol–water partition coefficient (Wildman–Crippen LogP) is 19.1. The van der Waals surface area contributed by atoms with Crippen LogP contribution >= 0.6 is 17.0 Å². The second kappa shape index (κ2) is 19.4. The summed E-state index contributed by atoms with van der Waals surface area (Å²) in [5.41, 5.74) is 13.3. The molecule has 0 radical (unpaired) electrons. The van der Waals surface area contributed by atoms with E-state index in [2.05, 4.69) is 220 Å². The average molecular weight is 993 g/mol. The molecule has 1 aliphatic carbocycles. The van der Waals surface area contributed by atoms with Crippen LogP contribution in [0.5, 0.6) is 0 Å². The van der Waals surface area contributed by atoms with Crippen LogP contribution in [-0.2, 0) is 31.7 Å². The molecule has 0 bridgehead atoms. The third-order valence-corrected chi connectivity index (χ3v) is 18.2. The predicted molar refractivity (Wildman–Crippen MR) is 295 cm³/mol. The molecule has 330 valence electrons. The second-order valence-corrected chi connectivity index (χ2v) is 26.1. The molecule has 0 heterocycles. The first-order valence-corrected chi connectivity index (χ1v) is 31.5. The molecular weight excluding hydrogens is 943 g/mol. The van der Waals surface area contributed by atoms with E-state index in [1.807, 2.05) is 12.1 Å². The molecule has 13 rings (SSSR count). The Bertz CT molecular complexity index is 3610. The van der Waals surface area contributed by atoms with Gasteiger partial charge in [0.1, 0.15) is 0 Å². The van der Waals surface area contributed by atoms with Gasteiger partial charge in [0.15, 0.2) is 0 Å². The fourth-order valence-corrected chi connectivity index (χ4v) is 15.2. The number of hydrogen-bond acceptors (Lipinski definition) is 0. The van der Waals surface area contributed by atoms with Crippen molar-refractivity contribution in [2.45, 2.75) is 39.5 Å². The second-order valence-electron chi connectivity index (χ2n) is 18.0. The Hall–Kier alpha value is -6.21. The molecule has 0 amide bonds. The molecular formula is C65H50Cl2Zr-2. The van der Waals surface area contributed by atoms with Gasteiger partial charge in [0.2, 0.25) is 0 Å². The average Bonchev–Trinajstić information content (AvgIpc) is 4.10. The van der Waals surface area contributed by atoms with Crippen molar-refractivity contribution in [3.63, 3.8) is 0 Å². The van der Waals surface area contributed by atoms with Gasteiger partial charge in [-0.3, -0.25) is 0 Å². The minimum atomic E-state index is -2.40. The maximum absolute atomic E-state index is 6.26. The Morgan fingerprint density at radius 3 is 1.09 bits per heavy atom. The number of fused-ring (bicyclic) bond motifs is 11. The molecule has 3 heteroatoms. The van der Waals surface area contributed by atoms with Crippen LogP contribution in [-0.4, -0.2) is 3.21 Å². The van der Waals surface area contributed by atoms with Crippen molar-refractivity contribution in [1.82, 2.24) is 0 Å². The first-order valence-electron chi connectivity index (χ1n) is 23.9. The first-order chi connectivity index (χ1) is 33.5. The van der Waals surface area contributed by atoms with E-state index in [1.165, 1.54) is 136 Å². The van der Waals surface area contributed by atoms with Crippen LogP contribution in [0.2, 0.25) is 0 Å². The fraction of sp³-hybridized carbons (Fsp3) is 0.0923. The van der Waals surface area contributed by atoms with Gasteiger partial charge >= 0.3 is 110 Å². The summed E-state index contributed by atoms with van der Waals surface area (Å²) in [6.07, 6.45) is 4.66. The number of halogens is 2. The van der Waals surface area contributed by atoms with Crippen molar-refractivity contribution in [1.29, 1.82) is 0 Å². The quantitative estimate of drug-likeness (QED) is 0.115. The maximum atomic E-state index is 6.26. The molecule has 0 spiro atoms. The summed E-state index contributed by atoms with van der Waals surface area (Å²) in [5, 5.41) is 16.0. The van der Waals surface area contributed by atoms with Gasteiger partial charge in [0.25, 0.3) is 0 Å². The van der Waals surface area contributed by atoms with E-state index in [0.29, 0.717) is 0 Å². The molecule has 0 N–H and O–H groups in total. The van der Waals surface area contributed by atoms with E-state index < -0.39 is 18.9 Å². The monoisotopic (exact) mass is 990 g/mol. The zero-order valence-electron chi connectivity index (χ0n) is 38.4. The van der Waals surface area contributed by atoms with E-state index in [0.717, 1.165) is 12.8 Å². The summed E-state index contributed by atoms with van der Waals surface area (Å²) >= 11 is -2.40. The van der Waals surface area contributed by atoms with E-state index >= 15 is 0 Å². The number of aryl methyl sites for hydroxylation is 2. The SMILES string of the molecule is CCCc1cc2c(-c3cc4ccccc4c4ccccc34)cccc2[cH-]1.CCCc1cc2c(-c3cc4ccccc4c4ccccc34)cccc2[cH-]1.[Cl][Zr]([Cl])=[C]1c2ccccc2-c2ccccc21. The molecule has 12 aromatic rings. The van der Waals surface area contributed by atoms with Crippen molar-refractivity contribution >= 4 is 84.9 Å². The molecule has 1 aliphatic rings. The van der Waals surface area contributed by atoms with Gasteiger partial charge in [0.05, 0.1) is 0 Å². The van der Waals surface area contributed by atoms with E-state index in [1.54, 1.807) is 0 Å². The van der Waals surface area contributed by atoms with Crippen LogP contribution in [0.25, 0.3) is 98.0 Å². The van der Waals surface area contributed by atoms with Gasteiger partial charge in [-0.05, 0) is 79.2 Å². The number of hydrogen-bond donors (Lipinski definition) is 0. The fourth-order valence-electron chi connectivity index (χ4n) is 10.7. The molecule has 0 aromatic heterocycles. The third-order valence-electron chi connectivity index (χ3n) is 13.7. The van der Waals surface area contributed by atoms with Crippen LogP contribution in [0.4, 0.5) is 0 Å². The van der Waals surface area contributed by atoms with E-state index in [4.69, 9.17) is 17.0 Å². The van der Waals surface area contributed by atoms with Gasteiger partial charge in [-0.15, -0.1) is 69.1 Å². The molecule has 0 atom stereocenters. The van der Waals surface area contributed by atoms with Gasteiger partial charge in [-0.1, -0.05) is 147 Å². The van der Waals surface area contributed by atoms with E-state index in [-0.39, 0.29) is 0 Å². The summed E-state index contributed by atoms with van der Waals surface area (Å²) in [6.45, 7) is 4.49. The number of rotatable bonds is 6. The molecule has 12 aromatic carbocycles. The number of benzene rings is 10. The normalized spacial score (nSPS) is 11.7. The topological polar surface area (TPSA) is 0 Å². The molecule has 0 unspecified atom stereocenters. The zero-order valence-corrected chi connectivity index (χ0v) is 42.3. The summed E-state index contributed by atoms with van der Waals surface area (Å²) in [6, 6.07) is 79.3. The van der Waals surface area contributed by atoms with Crippen LogP contribution in [0.1, 0.15) is 48.9 Å². The van der Waals surface area contributed by atoms with Gasteiger partial charge < -0.3 is 0 Å². The first kappa shape index (κ1) is 44.3. The van der Waals surface area contributed by atoms with Crippen molar-refractivity contribution in [2.75, 3.05) is 0 Å². The summed E-state index contributed by atoms with van der Waals surface area (Å²) in [5.74, 6) is 0. The molecule has 0 saturated carbocycles. The minimum absolute atomic E-state index is 1.15. The van der Waals surface area contributed by atoms with Crippen molar-refractivity contribution in [3.05, 3.63) is 241 Å². The third kappa shape index (κ3) is 8.30. The zero-order chi connectivity index (χ0) is 46.1. The standard InChI is InChI=1S/2C26H21.C13H8.2ClH.Zr/c2*1-2-8-18-15-19-10-7-14-24(25(19)16-18)26-17-20-9-3-4-11-21(20)22-12-5-6-13-23(22)26;1-3-7-12-10(5-1)9-11-6-2-4-8-13(11)12;;;/h2*3-7,9-17H,2,8H2,1H3;1-8H;2*1H;/q2*-1;;;;+2/p-2.